The summed E-state index contributed by atoms with van der Waals surface area (Å²) in [5.41, 5.74) is 1.02. The molecule has 206 valence electrons. The van der Waals surface area contributed by atoms with Gasteiger partial charge in [-0.25, -0.2) is 0 Å². The Morgan fingerprint density at radius 3 is 2.50 bits per heavy atom. The van der Waals surface area contributed by atoms with Crippen molar-refractivity contribution in [1.29, 1.82) is 0 Å². The molecule has 1 aromatic rings. The number of carbonyl (C=O) groups is 3. The number of aliphatic hydroxyl groups excluding tert-OH is 1. The molecule has 3 aliphatic heterocycles. The summed E-state index contributed by atoms with van der Waals surface area (Å²) in [6, 6.07) is 9.16. The minimum Gasteiger partial charge on any atom is -0.395 e. The second-order valence-corrected chi connectivity index (χ2v) is 12.2. The topological polar surface area (TPSA) is 81.2 Å². The Kier molecular flexibility index (Phi) is 9.36. The van der Waals surface area contributed by atoms with Crippen LogP contribution in [0.2, 0.25) is 0 Å². The second-order valence-electron chi connectivity index (χ2n) is 10.6. The first kappa shape index (κ1) is 28.4. The lowest BCUT2D eigenvalue weighted by molar-refractivity contribution is -0.145. The van der Waals surface area contributed by atoms with Crippen LogP contribution < -0.4 is 0 Å². The predicted octanol–water partition coefficient (Wildman–Crippen LogP) is 3.49. The van der Waals surface area contributed by atoms with Gasteiger partial charge in [0, 0.05) is 38.0 Å². The molecule has 1 aromatic carbocycles. The van der Waals surface area contributed by atoms with E-state index in [4.69, 9.17) is 0 Å². The Bertz CT molecular complexity index is 1030. The number of rotatable bonds is 14. The van der Waals surface area contributed by atoms with E-state index >= 15 is 0 Å². The number of fused-ring (bicyclic) bond motifs is 1. The third-order valence-corrected chi connectivity index (χ3v) is 10.2. The summed E-state index contributed by atoms with van der Waals surface area (Å²) in [7, 11) is 0. The molecule has 0 saturated carbocycles. The fourth-order valence-electron chi connectivity index (χ4n) is 6.64. The number of aliphatic hydroxyl groups is 1. The summed E-state index contributed by atoms with van der Waals surface area (Å²) in [6.45, 7) is 11.6. The largest absolute Gasteiger partial charge is 0.395 e. The van der Waals surface area contributed by atoms with Crippen molar-refractivity contribution in [2.45, 2.75) is 61.6 Å². The Morgan fingerprint density at radius 2 is 1.84 bits per heavy atom. The highest BCUT2D eigenvalue weighted by Gasteiger charge is 2.74. The van der Waals surface area contributed by atoms with Crippen LogP contribution in [0.25, 0.3) is 0 Å². The van der Waals surface area contributed by atoms with Crippen LogP contribution in [-0.4, -0.2) is 86.4 Å². The molecule has 2 unspecified atom stereocenters. The van der Waals surface area contributed by atoms with Crippen LogP contribution in [0.1, 0.15) is 44.6 Å². The van der Waals surface area contributed by atoms with Crippen molar-refractivity contribution in [3.63, 3.8) is 0 Å². The third kappa shape index (κ3) is 5.17. The number of amides is 3. The average molecular weight is 540 g/mol. The number of benzene rings is 1. The van der Waals surface area contributed by atoms with E-state index < -0.39 is 22.6 Å². The summed E-state index contributed by atoms with van der Waals surface area (Å²) in [4.78, 5) is 47.4. The zero-order valence-corrected chi connectivity index (χ0v) is 23.3. The molecule has 38 heavy (non-hydrogen) atoms. The number of carbonyl (C=O) groups excluding carboxylic acids is 3. The molecule has 3 saturated heterocycles. The normalized spacial score (nSPS) is 27.3. The van der Waals surface area contributed by atoms with Gasteiger partial charge in [0.2, 0.25) is 17.7 Å². The van der Waals surface area contributed by atoms with E-state index in [2.05, 4.69) is 20.1 Å². The smallest absolute Gasteiger partial charge is 0.247 e. The van der Waals surface area contributed by atoms with Crippen molar-refractivity contribution >= 4 is 29.5 Å². The van der Waals surface area contributed by atoms with E-state index in [1.165, 1.54) is 0 Å². The summed E-state index contributed by atoms with van der Waals surface area (Å²) in [6.07, 6.45) is 7.93. The summed E-state index contributed by atoms with van der Waals surface area (Å²) < 4.78 is -0.648. The molecule has 5 atom stereocenters. The molecule has 3 fully saturated rings. The van der Waals surface area contributed by atoms with Crippen molar-refractivity contribution < 1.29 is 19.5 Å². The van der Waals surface area contributed by atoms with Crippen molar-refractivity contribution in [3.8, 4) is 0 Å². The highest BCUT2D eigenvalue weighted by atomic mass is 32.2. The number of nitrogens with zero attached hydrogens (tertiary/aromatic N) is 3. The number of hydrogen-bond acceptors (Lipinski definition) is 5. The molecule has 0 aliphatic carbocycles. The van der Waals surface area contributed by atoms with Crippen molar-refractivity contribution in [2.75, 3.05) is 32.8 Å². The Balaban J connectivity index is 1.65. The number of unbranched alkanes of at least 4 members (excludes halogenated alkanes) is 2. The van der Waals surface area contributed by atoms with Gasteiger partial charge >= 0.3 is 0 Å². The van der Waals surface area contributed by atoms with Gasteiger partial charge in [-0.15, -0.1) is 24.9 Å². The van der Waals surface area contributed by atoms with Gasteiger partial charge in [0.05, 0.1) is 23.2 Å². The third-order valence-electron chi connectivity index (χ3n) is 8.23. The molecule has 8 heteroatoms. The first-order chi connectivity index (χ1) is 18.4. The van der Waals surface area contributed by atoms with E-state index in [-0.39, 0.29) is 36.1 Å². The first-order valence-corrected chi connectivity index (χ1v) is 14.7. The van der Waals surface area contributed by atoms with Gasteiger partial charge < -0.3 is 19.8 Å². The van der Waals surface area contributed by atoms with Crippen LogP contribution in [0.3, 0.4) is 0 Å². The fraction of sp³-hybridized carbons (Fsp3) is 0.567. The molecule has 4 rings (SSSR count). The molecule has 0 aromatic heterocycles. The van der Waals surface area contributed by atoms with Crippen molar-refractivity contribution in [1.82, 2.24) is 14.7 Å². The van der Waals surface area contributed by atoms with Gasteiger partial charge in [-0.05, 0) is 24.8 Å². The standard InChI is InChI=1S/C30H41N3O4S/c1-4-7-11-18-31(16-5-2)29(37)26-30-15-14-23(38-30)24(25(30)28(36)33(26)19-20-34)27(35)32(17-6-3)21-22-12-9-8-10-13-22/h5-6,8-10,12-13,23-26,34H,2-4,7,11,14-21H2,1H3/t23-,24+,25+,26?,30?/m1/s1. The highest BCUT2D eigenvalue weighted by Crippen LogP contribution is 2.66. The number of β-amino-alcohol motifs (C(OH)–C–C–N with tert-alkyl or cyclic N) is 1. The van der Waals surface area contributed by atoms with Crippen LogP contribution in [0.5, 0.6) is 0 Å². The molecule has 1 N–H and O–H groups in total. The molecule has 0 radical (unpaired) electrons. The lowest BCUT2D eigenvalue weighted by atomic mass is 9.70. The highest BCUT2D eigenvalue weighted by molar-refractivity contribution is 8.02. The molecule has 1 spiro atoms. The maximum atomic E-state index is 14.1. The van der Waals surface area contributed by atoms with Gasteiger partial charge in [0.15, 0.2) is 0 Å². The van der Waals surface area contributed by atoms with Crippen molar-refractivity contribution in [3.05, 3.63) is 61.2 Å². The molecule has 3 heterocycles. The van der Waals surface area contributed by atoms with Crippen LogP contribution >= 0.6 is 11.8 Å². The predicted molar refractivity (Wildman–Crippen MR) is 151 cm³/mol. The summed E-state index contributed by atoms with van der Waals surface area (Å²) in [5, 5.41) is 9.86. The van der Waals surface area contributed by atoms with E-state index in [0.717, 1.165) is 37.7 Å². The molecular formula is C30H41N3O4S. The fourth-order valence-corrected chi connectivity index (χ4v) is 8.84. The van der Waals surface area contributed by atoms with E-state index in [1.54, 1.807) is 33.7 Å². The molecule has 3 aliphatic rings. The Hall–Kier alpha value is -2.58. The molecule has 3 amide bonds. The lowest BCUT2D eigenvalue weighted by Crippen LogP contribution is -2.55. The number of thioether (sulfide) groups is 1. The Labute approximate surface area is 230 Å². The van der Waals surface area contributed by atoms with Gasteiger partial charge in [0.25, 0.3) is 0 Å². The zero-order chi connectivity index (χ0) is 27.3. The molecule has 2 bridgehead atoms. The van der Waals surface area contributed by atoms with Gasteiger partial charge in [-0.3, -0.25) is 14.4 Å². The minimum atomic E-state index is -0.677. The molecular weight excluding hydrogens is 498 g/mol. The van der Waals surface area contributed by atoms with Gasteiger partial charge in [-0.1, -0.05) is 62.2 Å². The SMILES string of the molecule is C=CCN(CCCCC)C(=O)C1N(CCO)C(=O)[C@@H]2[C@@H](C(=O)N(CC=C)Cc3ccccc3)[C@H]3CCC12S3. The lowest BCUT2D eigenvalue weighted by Gasteiger charge is -2.37. The van der Waals surface area contributed by atoms with Gasteiger partial charge in [0.1, 0.15) is 6.04 Å². The summed E-state index contributed by atoms with van der Waals surface area (Å²) in [5.74, 6) is -1.36. The van der Waals surface area contributed by atoms with E-state index in [9.17, 15) is 19.5 Å². The maximum Gasteiger partial charge on any atom is 0.247 e. The van der Waals surface area contributed by atoms with Crippen LogP contribution in [-0.2, 0) is 20.9 Å². The van der Waals surface area contributed by atoms with E-state index in [0.29, 0.717) is 26.2 Å². The average Bonchev–Trinajstić information content (AvgIpc) is 3.56. The molecule has 7 nitrogen and oxygen atoms in total. The zero-order valence-electron chi connectivity index (χ0n) is 22.5. The van der Waals surface area contributed by atoms with Crippen LogP contribution in [0, 0.1) is 11.8 Å². The first-order valence-electron chi connectivity index (χ1n) is 13.9. The monoisotopic (exact) mass is 539 g/mol. The second kappa shape index (κ2) is 12.5. The van der Waals surface area contributed by atoms with E-state index in [1.807, 2.05) is 35.2 Å². The number of likely N-dealkylation sites (tertiary alicyclic amines) is 1. The van der Waals surface area contributed by atoms with Crippen LogP contribution in [0.4, 0.5) is 0 Å². The maximum absolute atomic E-state index is 14.1. The quantitative estimate of drug-likeness (QED) is 0.289. The van der Waals surface area contributed by atoms with Crippen molar-refractivity contribution in [2.24, 2.45) is 11.8 Å². The number of hydrogen-bond donors (Lipinski definition) is 1. The minimum absolute atomic E-state index is 0.000870. The summed E-state index contributed by atoms with van der Waals surface area (Å²) >= 11 is 1.67. The van der Waals surface area contributed by atoms with Gasteiger partial charge in [-0.2, -0.15) is 0 Å². The Morgan fingerprint density at radius 1 is 1.13 bits per heavy atom. The van der Waals surface area contributed by atoms with Crippen LogP contribution in [0.15, 0.2) is 55.6 Å².